The molecule has 0 bridgehead atoms. The SMILES string of the molecule is O=C(Nc1ccccc1C(=O)O)c1ccc(S(=O)(=O)N2CCCCC2)cc1. The number of carboxylic acids is 1. The van der Waals surface area contributed by atoms with Crippen LogP contribution in [0, 0.1) is 0 Å². The number of nitrogens with zero attached hydrogens (tertiary/aromatic N) is 1. The van der Waals surface area contributed by atoms with Crippen molar-refractivity contribution in [2.24, 2.45) is 0 Å². The zero-order valence-corrected chi connectivity index (χ0v) is 15.4. The summed E-state index contributed by atoms with van der Waals surface area (Å²) in [6.07, 6.45) is 2.73. The highest BCUT2D eigenvalue weighted by atomic mass is 32.2. The number of rotatable bonds is 5. The van der Waals surface area contributed by atoms with Crippen LogP contribution in [0.1, 0.15) is 40.0 Å². The van der Waals surface area contributed by atoms with Crippen molar-refractivity contribution in [3.05, 3.63) is 59.7 Å². The number of amides is 1. The molecule has 1 aliphatic rings. The van der Waals surface area contributed by atoms with Crippen LogP contribution >= 0.6 is 0 Å². The minimum Gasteiger partial charge on any atom is -0.478 e. The first kappa shape index (κ1) is 19.1. The lowest BCUT2D eigenvalue weighted by molar-refractivity contribution is 0.0698. The summed E-state index contributed by atoms with van der Waals surface area (Å²) in [6, 6.07) is 11.7. The third kappa shape index (κ3) is 4.17. The number of carbonyl (C=O) groups is 2. The molecular formula is C19H20N2O5S. The van der Waals surface area contributed by atoms with E-state index < -0.39 is 21.9 Å². The monoisotopic (exact) mass is 388 g/mol. The number of hydrogen-bond acceptors (Lipinski definition) is 4. The second-order valence-electron chi connectivity index (χ2n) is 6.29. The predicted octanol–water partition coefficient (Wildman–Crippen LogP) is 2.81. The van der Waals surface area contributed by atoms with Gasteiger partial charge in [-0.05, 0) is 49.2 Å². The summed E-state index contributed by atoms with van der Waals surface area (Å²) in [4.78, 5) is 23.8. The predicted molar refractivity (Wildman–Crippen MR) is 100 cm³/mol. The zero-order valence-electron chi connectivity index (χ0n) is 14.6. The Balaban J connectivity index is 1.77. The molecule has 1 aliphatic heterocycles. The number of anilines is 1. The molecule has 1 amide bonds. The molecular weight excluding hydrogens is 368 g/mol. The normalized spacial score (nSPS) is 15.3. The molecule has 1 fully saturated rings. The van der Waals surface area contributed by atoms with Crippen LogP contribution < -0.4 is 5.32 Å². The van der Waals surface area contributed by atoms with Gasteiger partial charge < -0.3 is 10.4 Å². The quantitative estimate of drug-likeness (QED) is 0.820. The Labute approximate surface area is 157 Å². The van der Waals surface area contributed by atoms with E-state index in [4.69, 9.17) is 0 Å². The molecule has 142 valence electrons. The first-order chi connectivity index (χ1) is 12.9. The van der Waals surface area contributed by atoms with E-state index in [2.05, 4.69) is 5.32 Å². The fraction of sp³-hybridized carbons (Fsp3) is 0.263. The fourth-order valence-corrected chi connectivity index (χ4v) is 4.52. The van der Waals surface area contributed by atoms with Gasteiger partial charge in [0.1, 0.15) is 0 Å². The molecule has 0 atom stereocenters. The third-order valence-electron chi connectivity index (χ3n) is 4.47. The Morgan fingerprint density at radius 1 is 0.926 bits per heavy atom. The van der Waals surface area contributed by atoms with Crippen LogP contribution in [-0.2, 0) is 10.0 Å². The van der Waals surface area contributed by atoms with Gasteiger partial charge in [0.2, 0.25) is 10.0 Å². The molecule has 0 saturated carbocycles. The van der Waals surface area contributed by atoms with Crippen LogP contribution in [0.15, 0.2) is 53.4 Å². The molecule has 8 heteroatoms. The van der Waals surface area contributed by atoms with Crippen LogP contribution in [-0.4, -0.2) is 42.8 Å². The summed E-state index contributed by atoms with van der Waals surface area (Å²) in [5.41, 5.74) is 0.406. The van der Waals surface area contributed by atoms with Crippen molar-refractivity contribution in [2.45, 2.75) is 24.2 Å². The largest absolute Gasteiger partial charge is 0.478 e. The Bertz CT molecular complexity index is 948. The standard InChI is InChI=1S/C19H20N2O5S/c22-18(20-17-7-3-2-6-16(17)19(23)24)14-8-10-15(11-9-14)27(25,26)21-12-4-1-5-13-21/h2-3,6-11H,1,4-5,12-13H2,(H,20,22)(H,23,24). The number of nitrogens with one attached hydrogen (secondary N) is 1. The van der Waals surface area contributed by atoms with Crippen LogP contribution in [0.4, 0.5) is 5.69 Å². The minimum atomic E-state index is -3.56. The van der Waals surface area contributed by atoms with Crippen molar-refractivity contribution in [3.63, 3.8) is 0 Å². The smallest absolute Gasteiger partial charge is 0.337 e. The summed E-state index contributed by atoms with van der Waals surface area (Å²) in [6.45, 7) is 1.02. The van der Waals surface area contributed by atoms with E-state index in [0.29, 0.717) is 13.1 Å². The average Bonchev–Trinajstić information content (AvgIpc) is 2.69. The van der Waals surface area contributed by atoms with E-state index >= 15 is 0 Å². The van der Waals surface area contributed by atoms with E-state index in [9.17, 15) is 23.1 Å². The van der Waals surface area contributed by atoms with E-state index in [-0.39, 0.29) is 21.7 Å². The summed E-state index contributed by atoms with van der Waals surface area (Å²) in [5, 5.41) is 11.7. The maximum atomic E-state index is 12.6. The number of hydrogen-bond donors (Lipinski definition) is 2. The Kier molecular flexibility index (Phi) is 5.57. The molecule has 0 unspecified atom stereocenters. The molecule has 0 spiro atoms. The molecule has 7 nitrogen and oxygen atoms in total. The molecule has 2 N–H and O–H groups in total. The Hall–Kier alpha value is -2.71. The molecule has 0 radical (unpaired) electrons. The van der Waals surface area contributed by atoms with Crippen molar-refractivity contribution in [3.8, 4) is 0 Å². The first-order valence-electron chi connectivity index (χ1n) is 8.63. The van der Waals surface area contributed by atoms with Gasteiger partial charge in [0.25, 0.3) is 5.91 Å². The number of benzene rings is 2. The maximum Gasteiger partial charge on any atom is 0.337 e. The molecule has 0 aliphatic carbocycles. The van der Waals surface area contributed by atoms with Crippen molar-refractivity contribution in [2.75, 3.05) is 18.4 Å². The molecule has 2 aromatic rings. The Morgan fingerprint density at radius 3 is 2.19 bits per heavy atom. The zero-order chi connectivity index (χ0) is 19.4. The highest BCUT2D eigenvalue weighted by Gasteiger charge is 2.26. The molecule has 1 saturated heterocycles. The van der Waals surface area contributed by atoms with Crippen molar-refractivity contribution < 1.29 is 23.1 Å². The second kappa shape index (κ2) is 7.89. The molecule has 3 rings (SSSR count). The molecule has 0 aromatic heterocycles. The fourth-order valence-electron chi connectivity index (χ4n) is 3.01. The minimum absolute atomic E-state index is 0.0184. The number of piperidine rings is 1. The van der Waals surface area contributed by atoms with Crippen molar-refractivity contribution in [1.82, 2.24) is 4.31 Å². The second-order valence-corrected chi connectivity index (χ2v) is 8.23. The van der Waals surface area contributed by atoms with E-state index in [1.165, 1.54) is 40.7 Å². The summed E-state index contributed by atoms with van der Waals surface area (Å²) in [7, 11) is -3.56. The Morgan fingerprint density at radius 2 is 1.56 bits per heavy atom. The molecule has 2 aromatic carbocycles. The van der Waals surface area contributed by atoms with Gasteiger partial charge in [0.15, 0.2) is 0 Å². The van der Waals surface area contributed by atoms with Gasteiger partial charge in [-0.3, -0.25) is 4.79 Å². The van der Waals surface area contributed by atoms with Crippen LogP contribution in [0.5, 0.6) is 0 Å². The molecule has 27 heavy (non-hydrogen) atoms. The third-order valence-corrected chi connectivity index (χ3v) is 6.39. The van der Waals surface area contributed by atoms with E-state index in [0.717, 1.165) is 19.3 Å². The lowest BCUT2D eigenvalue weighted by Gasteiger charge is -2.25. The van der Waals surface area contributed by atoms with Gasteiger partial charge in [-0.25, -0.2) is 13.2 Å². The van der Waals surface area contributed by atoms with Gasteiger partial charge in [-0.2, -0.15) is 4.31 Å². The summed E-state index contributed by atoms with van der Waals surface area (Å²) >= 11 is 0. The summed E-state index contributed by atoms with van der Waals surface area (Å²) < 4.78 is 26.7. The number of aromatic carboxylic acids is 1. The highest BCUT2D eigenvalue weighted by molar-refractivity contribution is 7.89. The topological polar surface area (TPSA) is 104 Å². The van der Waals surface area contributed by atoms with Crippen LogP contribution in [0.25, 0.3) is 0 Å². The average molecular weight is 388 g/mol. The van der Waals surface area contributed by atoms with Crippen LogP contribution in [0.3, 0.4) is 0 Å². The number of sulfonamides is 1. The maximum absolute atomic E-state index is 12.6. The van der Waals surface area contributed by atoms with Gasteiger partial charge in [-0.1, -0.05) is 18.6 Å². The van der Waals surface area contributed by atoms with Gasteiger partial charge >= 0.3 is 5.97 Å². The van der Waals surface area contributed by atoms with Crippen molar-refractivity contribution in [1.29, 1.82) is 0 Å². The number of para-hydroxylation sites is 1. The van der Waals surface area contributed by atoms with Crippen LogP contribution in [0.2, 0.25) is 0 Å². The lowest BCUT2D eigenvalue weighted by atomic mass is 10.1. The summed E-state index contributed by atoms with van der Waals surface area (Å²) in [5.74, 6) is -1.65. The van der Waals surface area contributed by atoms with E-state index in [1.807, 2.05) is 0 Å². The van der Waals surface area contributed by atoms with Gasteiger partial charge in [0, 0.05) is 18.7 Å². The lowest BCUT2D eigenvalue weighted by Crippen LogP contribution is -2.35. The van der Waals surface area contributed by atoms with E-state index in [1.54, 1.807) is 12.1 Å². The van der Waals surface area contributed by atoms with Crippen molar-refractivity contribution >= 4 is 27.6 Å². The molecule has 1 heterocycles. The van der Waals surface area contributed by atoms with Gasteiger partial charge in [-0.15, -0.1) is 0 Å². The number of carboxylic acid groups (broad SMARTS) is 1. The number of carbonyl (C=O) groups excluding carboxylic acids is 1. The highest BCUT2D eigenvalue weighted by Crippen LogP contribution is 2.21. The van der Waals surface area contributed by atoms with Gasteiger partial charge in [0.05, 0.1) is 16.1 Å². The first-order valence-corrected chi connectivity index (χ1v) is 10.1.